The molecule has 2 N–H and O–H groups in total. The van der Waals surface area contributed by atoms with Crippen LogP contribution in [0.5, 0.6) is 0 Å². The average Bonchev–Trinajstić information content (AvgIpc) is 2.90. The van der Waals surface area contributed by atoms with Gasteiger partial charge in [-0.3, -0.25) is 4.79 Å². The predicted molar refractivity (Wildman–Crippen MR) is 84.9 cm³/mol. The molecule has 1 amide bonds. The first-order valence-electron chi connectivity index (χ1n) is 7.09. The van der Waals surface area contributed by atoms with E-state index in [1.807, 2.05) is 11.9 Å². The number of hydrogen-bond donors (Lipinski definition) is 1. The first-order valence-corrected chi connectivity index (χ1v) is 7.09. The molecule has 20 heavy (non-hydrogen) atoms. The Morgan fingerprint density at radius 1 is 1.25 bits per heavy atom. The number of benzene rings is 1. The molecule has 1 aliphatic rings. The molecule has 0 aromatic heterocycles. The maximum absolute atomic E-state index is 12.6. The molecule has 0 atom stereocenters. The average molecular weight is 297 g/mol. The van der Waals surface area contributed by atoms with Crippen LogP contribution in [-0.2, 0) is 11.3 Å². The van der Waals surface area contributed by atoms with Gasteiger partial charge in [-0.05, 0) is 25.3 Å². The van der Waals surface area contributed by atoms with Crippen LogP contribution in [0.4, 0.5) is 0 Å². The number of amides is 1. The molecular formula is C16H25ClN2O. The van der Waals surface area contributed by atoms with E-state index >= 15 is 0 Å². The smallest absolute Gasteiger partial charge is 0.230 e. The van der Waals surface area contributed by atoms with Crippen molar-refractivity contribution < 1.29 is 4.79 Å². The lowest BCUT2D eigenvalue weighted by Gasteiger charge is -2.31. The van der Waals surface area contributed by atoms with Gasteiger partial charge in [0, 0.05) is 20.1 Å². The summed E-state index contributed by atoms with van der Waals surface area (Å²) in [4.78, 5) is 14.5. The van der Waals surface area contributed by atoms with Crippen LogP contribution in [-0.4, -0.2) is 24.4 Å². The molecular weight excluding hydrogens is 272 g/mol. The van der Waals surface area contributed by atoms with Crippen LogP contribution in [0, 0.1) is 12.3 Å². The topological polar surface area (TPSA) is 46.3 Å². The maximum Gasteiger partial charge on any atom is 0.230 e. The van der Waals surface area contributed by atoms with Gasteiger partial charge in [-0.25, -0.2) is 0 Å². The van der Waals surface area contributed by atoms with Gasteiger partial charge in [0.25, 0.3) is 0 Å². The van der Waals surface area contributed by atoms with Crippen LogP contribution in [0.3, 0.4) is 0 Å². The lowest BCUT2D eigenvalue weighted by molar-refractivity contribution is -0.140. The Hall–Kier alpha value is -1.06. The molecule has 0 spiro atoms. The minimum absolute atomic E-state index is 0. The molecule has 0 heterocycles. The van der Waals surface area contributed by atoms with E-state index in [1.165, 1.54) is 11.1 Å². The summed E-state index contributed by atoms with van der Waals surface area (Å²) in [7, 11) is 1.89. The van der Waals surface area contributed by atoms with Crippen LogP contribution < -0.4 is 5.73 Å². The van der Waals surface area contributed by atoms with Gasteiger partial charge in [-0.2, -0.15) is 0 Å². The Morgan fingerprint density at radius 2 is 1.80 bits per heavy atom. The fourth-order valence-electron chi connectivity index (χ4n) is 3.00. The molecule has 1 fully saturated rings. The summed E-state index contributed by atoms with van der Waals surface area (Å²) in [5.74, 6) is 0.216. The largest absolute Gasteiger partial charge is 0.341 e. The van der Waals surface area contributed by atoms with E-state index in [2.05, 4.69) is 31.2 Å². The predicted octanol–water partition coefficient (Wildman–Crippen LogP) is 2.89. The molecule has 112 valence electrons. The van der Waals surface area contributed by atoms with Gasteiger partial charge in [-0.1, -0.05) is 42.7 Å². The van der Waals surface area contributed by atoms with Gasteiger partial charge in [0.05, 0.1) is 5.41 Å². The minimum Gasteiger partial charge on any atom is -0.341 e. The van der Waals surface area contributed by atoms with Crippen LogP contribution >= 0.6 is 12.4 Å². The zero-order chi connectivity index (χ0) is 13.9. The number of aryl methyl sites for hydroxylation is 1. The van der Waals surface area contributed by atoms with Gasteiger partial charge in [0.15, 0.2) is 0 Å². The summed E-state index contributed by atoms with van der Waals surface area (Å²) >= 11 is 0. The van der Waals surface area contributed by atoms with Crippen molar-refractivity contribution in [1.29, 1.82) is 0 Å². The van der Waals surface area contributed by atoms with Gasteiger partial charge in [0.2, 0.25) is 5.91 Å². The Balaban J connectivity index is 0.00000200. The Kier molecular flexibility index (Phi) is 6.03. The number of nitrogens with two attached hydrogens (primary N) is 1. The number of nitrogens with zero attached hydrogens (tertiary/aromatic N) is 1. The number of halogens is 1. The second kappa shape index (κ2) is 7.09. The van der Waals surface area contributed by atoms with Crippen molar-refractivity contribution in [1.82, 2.24) is 4.90 Å². The van der Waals surface area contributed by atoms with Gasteiger partial charge < -0.3 is 10.6 Å². The zero-order valence-electron chi connectivity index (χ0n) is 12.4. The van der Waals surface area contributed by atoms with E-state index in [-0.39, 0.29) is 23.7 Å². The summed E-state index contributed by atoms with van der Waals surface area (Å²) in [6.07, 6.45) is 4.14. The van der Waals surface area contributed by atoms with E-state index in [4.69, 9.17) is 5.73 Å². The van der Waals surface area contributed by atoms with Crippen molar-refractivity contribution in [2.24, 2.45) is 11.1 Å². The molecule has 3 nitrogen and oxygen atoms in total. The van der Waals surface area contributed by atoms with Gasteiger partial charge in [0.1, 0.15) is 0 Å². The van der Waals surface area contributed by atoms with E-state index < -0.39 is 0 Å². The normalized spacial score (nSPS) is 16.6. The molecule has 0 radical (unpaired) electrons. The SMILES string of the molecule is Cc1ccc(CN(C)C(=O)C2(CN)CCCC2)cc1.Cl. The van der Waals surface area contributed by atoms with E-state index in [1.54, 1.807) is 0 Å². The van der Waals surface area contributed by atoms with Crippen molar-refractivity contribution in [3.8, 4) is 0 Å². The molecule has 0 saturated heterocycles. The monoisotopic (exact) mass is 296 g/mol. The Labute approximate surface area is 127 Å². The molecule has 1 aromatic rings. The van der Waals surface area contributed by atoms with Crippen LogP contribution in [0.1, 0.15) is 36.8 Å². The van der Waals surface area contributed by atoms with Crippen molar-refractivity contribution in [3.63, 3.8) is 0 Å². The molecule has 1 aliphatic carbocycles. The number of carbonyl (C=O) groups is 1. The van der Waals surface area contributed by atoms with Crippen molar-refractivity contribution in [2.75, 3.05) is 13.6 Å². The quantitative estimate of drug-likeness (QED) is 0.928. The third kappa shape index (κ3) is 3.53. The number of rotatable bonds is 4. The second-order valence-electron chi connectivity index (χ2n) is 5.84. The van der Waals surface area contributed by atoms with E-state index in [0.29, 0.717) is 13.1 Å². The first kappa shape index (κ1) is 17.0. The van der Waals surface area contributed by atoms with Crippen molar-refractivity contribution in [3.05, 3.63) is 35.4 Å². The van der Waals surface area contributed by atoms with Gasteiger partial charge in [-0.15, -0.1) is 12.4 Å². The molecule has 4 heteroatoms. The standard InChI is InChI=1S/C16H24N2O.ClH/c1-13-5-7-14(8-6-13)11-18(2)15(19)16(12-17)9-3-4-10-16;/h5-8H,3-4,9-12,17H2,1-2H3;1H. The van der Waals surface area contributed by atoms with Crippen molar-refractivity contribution in [2.45, 2.75) is 39.2 Å². The Morgan fingerprint density at radius 3 is 2.30 bits per heavy atom. The molecule has 1 aromatic carbocycles. The van der Waals surface area contributed by atoms with Crippen LogP contribution in [0.25, 0.3) is 0 Å². The molecule has 2 rings (SSSR count). The summed E-state index contributed by atoms with van der Waals surface area (Å²) in [5, 5.41) is 0. The van der Waals surface area contributed by atoms with Gasteiger partial charge >= 0.3 is 0 Å². The fourth-order valence-corrected chi connectivity index (χ4v) is 3.00. The third-order valence-corrected chi connectivity index (χ3v) is 4.29. The summed E-state index contributed by atoms with van der Waals surface area (Å²) < 4.78 is 0. The lowest BCUT2D eigenvalue weighted by atomic mass is 9.84. The molecule has 0 unspecified atom stereocenters. The number of carbonyl (C=O) groups excluding carboxylic acids is 1. The highest BCUT2D eigenvalue weighted by Crippen LogP contribution is 2.38. The maximum atomic E-state index is 12.6. The zero-order valence-corrected chi connectivity index (χ0v) is 13.2. The summed E-state index contributed by atoms with van der Waals surface area (Å²) in [5.41, 5.74) is 8.00. The third-order valence-electron chi connectivity index (χ3n) is 4.29. The van der Waals surface area contributed by atoms with E-state index in [9.17, 15) is 4.79 Å². The molecule has 0 bridgehead atoms. The van der Waals surface area contributed by atoms with Crippen LogP contribution in [0.15, 0.2) is 24.3 Å². The highest BCUT2D eigenvalue weighted by atomic mass is 35.5. The number of hydrogen-bond acceptors (Lipinski definition) is 2. The van der Waals surface area contributed by atoms with E-state index in [0.717, 1.165) is 25.7 Å². The molecule has 0 aliphatic heterocycles. The minimum atomic E-state index is -0.292. The first-order chi connectivity index (χ1) is 9.07. The Bertz CT molecular complexity index is 438. The molecule has 1 saturated carbocycles. The van der Waals surface area contributed by atoms with Crippen LogP contribution in [0.2, 0.25) is 0 Å². The lowest BCUT2D eigenvalue weighted by Crippen LogP contribution is -2.44. The van der Waals surface area contributed by atoms with Crippen molar-refractivity contribution >= 4 is 18.3 Å². The highest BCUT2D eigenvalue weighted by Gasteiger charge is 2.41. The summed E-state index contributed by atoms with van der Waals surface area (Å²) in [6.45, 7) is 3.21. The highest BCUT2D eigenvalue weighted by molar-refractivity contribution is 5.85. The second-order valence-corrected chi connectivity index (χ2v) is 5.84. The summed E-state index contributed by atoms with van der Waals surface area (Å²) in [6, 6.07) is 8.34. The fraction of sp³-hybridized carbons (Fsp3) is 0.562.